The van der Waals surface area contributed by atoms with Gasteiger partial charge in [-0.05, 0) is 55.0 Å². The molecule has 5 heteroatoms. The number of amides is 1. The number of aryl methyl sites for hydroxylation is 2. The lowest BCUT2D eigenvalue weighted by atomic mass is 9.87. The summed E-state index contributed by atoms with van der Waals surface area (Å²) >= 11 is 0. The van der Waals surface area contributed by atoms with Crippen molar-refractivity contribution in [2.24, 2.45) is 0 Å². The predicted molar refractivity (Wildman–Crippen MR) is 93.9 cm³/mol. The topological polar surface area (TPSA) is 63.2 Å². The van der Waals surface area contributed by atoms with Crippen molar-refractivity contribution in [3.63, 3.8) is 0 Å². The molecule has 2 aromatic carbocycles. The van der Waals surface area contributed by atoms with Gasteiger partial charge in [-0.15, -0.1) is 0 Å². The van der Waals surface area contributed by atoms with Gasteiger partial charge in [-0.1, -0.05) is 30.3 Å². The van der Waals surface area contributed by atoms with Crippen molar-refractivity contribution in [1.82, 2.24) is 5.32 Å². The van der Waals surface area contributed by atoms with Crippen LogP contribution in [0.3, 0.4) is 0 Å². The van der Waals surface area contributed by atoms with Crippen molar-refractivity contribution >= 4 is 15.7 Å². The molecule has 1 atom stereocenters. The van der Waals surface area contributed by atoms with Crippen LogP contribution in [0.4, 0.5) is 0 Å². The van der Waals surface area contributed by atoms with Crippen LogP contribution in [-0.4, -0.2) is 20.6 Å². The van der Waals surface area contributed by atoms with E-state index in [0.29, 0.717) is 5.56 Å². The van der Waals surface area contributed by atoms with Crippen LogP contribution in [0.5, 0.6) is 0 Å². The number of hydrogen-bond acceptors (Lipinski definition) is 3. The highest BCUT2D eigenvalue weighted by molar-refractivity contribution is 7.90. The van der Waals surface area contributed by atoms with Crippen LogP contribution in [0.1, 0.15) is 45.9 Å². The molecule has 1 N–H and O–H groups in total. The second-order valence-corrected chi connectivity index (χ2v) is 8.38. The lowest BCUT2D eigenvalue weighted by Crippen LogP contribution is -2.31. The van der Waals surface area contributed by atoms with Crippen molar-refractivity contribution in [1.29, 1.82) is 0 Å². The van der Waals surface area contributed by atoms with Gasteiger partial charge in [0, 0.05) is 11.8 Å². The fourth-order valence-corrected chi connectivity index (χ4v) is 3.86. The van der Waals surface area contributed by atoms with Crippen LogP contribution in [0.2, 0.25) is 0 Å². The van der Waals surface area contributed by atoms with E-state index in [0.717, 1.165) is 36.6 Å². The molecular weight excluding hydrogens is 322 g/mol. The molecular formula is C19H21NO3S. The van der Waals surface area contributed by atoms with Gasteiger partial charge in [0.05, 0.1) is 10.9 Å². The first-order valence-electron chi connectivity index (χ1n) is 8.05. The zero-order valence-corrected chi connectivity index (χ0v) is 14.7. The summed E-state index contributed by atoms with van der Waals surface area (Å²) in [6.07, 6.45) is 4.11. The number of carbonyl (C=O) groups is 1. The predicted octanol–water partition coefficient (Wildman–Crippen LogP) is 3.21. The Kier molecular flexibility index (Phi) is 4.45. The monoisotopic (exact) mass is 343 g/mol. The molecule has 0 saturated heterocycles. The fraction of sp³-hybridized carbons (Fsp3) is 0.316. The van der Waals surface area contributed by atoms with Crippen LogP contribution in [0.25, 0.3) is 0 Å². The normalized spacial score (nSPS) is 17.2. The molecule has 0 aliphatic heterocycles. The number of nitrogens with one attached hydrogen (secondary N) is 1. The number of carbonyl (C=O) groups excluding carboxylic acids is 1. The zero-order valence-electron chi connectivity index (χ0n) is 13.9. The molecule has 1 aliphatic rings. The van der Waals surface area contributed by atoms with Gasteiger partial charge < -0.3 is 5.32 Å². The van der Waals surface area contributed by atoms with Crippen LogP contribution in [0.15, 0.2) is 47.4 Å². The minimum atomic E-state index is -3.34. The van der Waals surface area contributed by atoms with E-state index in [4.69, 9.17) is 0 Å². The van der Waals surface area contributed by atoms with E-state index < -0.39 is 9.84 Å². The van der Waals surface area contributed by atoms with E-state index in [1.807, 2.05) is 19.1 Å². The quantitative estimate of drug-likeness (QED) is 0.931. The van der Waals surface area contributed by atoms with Gasteiger partial charge in [0.2, 0.25) is 0 Å². The van der Waals surface area contributed by atoms with Crippen LogP contribution < -0.4 is 5.32 Å². The third-order valence-corrected chi connectivity index (χ3v) is 5.67. The molecule has 2 aromatic rings. The molecule has 126 valence electrons. The van der Waals surface area contributed by atoms with E-state index in [2.05, 4.69) is 17.4 Å². The number of rotatable bonds is 3. The number of sulfone groups is 1. The van der Waals surface area contributed by atoms with E-state index >= 15 is 0 Å². The maximum Gasteiger partial charge on any atom is 0.252 e. The van der Waals surface area contributed by atoms with Crippen molar-refractivity contribution in [3.05, 3.63) is 64.7 Å². The van der Waals surface area contributed by atoms with Crippen molar-refractivity contribution in [3.8, 4) is 0 Å². The highest BCUT2D eigenvalue weighted by atomic mass is 32.2. The first-order chi connectivity index (χ1) is 11.4. The molecule has 24 heavy (non-hydrogen) atoms. The van der Waals surface area contributed by atoms with Crippen LogP contribution >= 0.6 is 0 Å². The summed E-state index contributed by atoms with van der Waals surface area (Å²) < 4.78 is 23.5. The Labute approximate surface area is 142 Å². The largest absolute Gasteiger partial charge is 0.345 e. The van der Waals surface area contributed by atoms with E-state index in [1.165, 1.54) is 17.7 Å². The summed E-state index contributed by atoms with van der Waals surface area (Å²) in [5.74, 6) is -0.222. The third-order valence-electron chi connectivity index (χ3n) is 4.56. The van der Waals surface area contributed by atoms with Crippen molar-refractivity contribution in [2.75, 3.05) is 6.26 Å². The van der Waals surface area contributed by atoms with Crippen molar-refractivity contribution in [2.45, 2.75) is 37.1 Å². The smallest absolute Gasteiger partial charge is 0.252 e. The van der Waals surface area contributed by atoms with Gasteiger partial charge in [-0.3, -0.25) is 4.79 Å². The number of benzene rings is 2. The Morgan fingerprint density at radius 3 is 2.67 bits per heavy atom. The Balaban J connectivity index is 1.89. The minimum absolute atomic E-state index is 0.0243. The summed E-state index contributed by atoms with van der Waals surface area (Å²) in [4.78, 5) is 12.9. The highest BCUT2D eigenvalue weighted by Gasteiger charge is 2.23. The third kappa shape index (κ3) is 3.36. The first kappa shape index (κ1) is 16.7. The van der Waals surface area contributed by atoms with Gasteiger partial charge in [0.15, 0.2) is 9.84 Å². The molecule has 0 radical (unpaired) electrons. The zero-order chi connectivity index (χ0) is 17.3. The molecule has 0 bridgehead atoms. The number of fused-ring (bicyclic) bond motifs is 1. The fourth-order valence-electron chi connectivity index (χ4n) is 3.22. The second-order valence-electron chi connectivity index (χ2n) is 6.37. The minimum Gasteiger partial charge on any atom is -0.345 e. The maximum absolute atomic E-state index is 12.7. The standard InChI is InChI=1S/C19H21NO3S/c1-13-10-11-15(24(2,22)23)12-17(13)19(21)20-18-9-5-7-14-6-3-4-8-16(14)18/h3-4,6,8,10-12,18H,5,7,9H2,1-2H3,(H,20,21)/t18-/m1/s1. The summed E-state index contributed by atoms with van der Waals surface area (Å²) in [5, 5.41) is 3.08. The molecule has 0 fully saturated rings. The molecule has 4 nitrogen and oxygen atoms in total. The highest BCUT2D eigenvalue weighted by Crippen LogP contribution is 2.30. The SMILES string of the molecule is Cc1ccc(S(C)(=O)=O)cc1C(=O)N[C@@H]1CCCc2ccccc21. The summed E-state index contributed by atoms with van der Waals surface area (Å²) in [6, 6.07) is 12.8. The molecule has 0 aromatic heterocycles. The van der Waals surface area contributed by atoms with E-state index in [-0.39, 0.29) is 16.8 Å². The molecule has 0 heterocycles. The Hall–Kier alpha value is -2.14. The molecule has 1 aliphatic carbocycles. The van der Waals surface area contributed by atoms with Gasteiger partial charge in [0.1, 0.15) is 0 Å². The van der Waals surface area contributed by atoms with Gasteiger partial charge in [-0.2, -0.15) is 0 Å². The maximum atomic E-state index is 12.7. The van der Waals surface area contributed by atoms with E-state index in [1.54, 1.807) is 6.07 Å². The van der Waals surface area contributed by atoms with Crippen molar-refractivity contribution < 1.29 is 13.2 Å². The van der Waals surface area contributed by atoms with Gasteiger partial charge in [0.25, 0.3) is 5.91 Å². The molecule has 3 rings (SSSR count). The van der Waals surface area contributed by atoms with Gasteiger partial charge in [-0.25, -0.2) is 8.42 Å². The molecule has 1 amide bonds. The van der Waals surface area contributed by atoms with E-state index in [9.17, 15) is 13.2 Å². The second kappa shape index (κ2) is 6.40. The lowest BCUT2D eigenvalue weighted by Gasteiger charge is -2.26. The Bertz CT molecular complexity index is 887. The number of hydrogen-bond donors (Lipinski definition) is 1. The average Bonchev–Trinajstić information content (AvgIpc) is 2.54. The first-order valence-corrected chi connectivity index (χ1v) is 9.95. The Morgan fingerprint density at radius 1 is 1.17 bits per heavy atom. The Morgan fingerprint density at radius 2 is 1.92 bits per heavy atom. The summed E-state index contributed by atoms with van der Waals surface area (Å²) in [7, 11) is -3.34. The van der Waals surface area contributed by atoms with Crippen LogP contribution in [-0.2, 0) is 16.3 Å². The lowest BCUT2D eigenvalue weighted by molar-refractivity contribution is 0.0932. The van der Waals surface area contributed by atoms with Crippen LogP contribution in [0, 0.1) is 6.92 Å². The summed E-state index contributed by atoms with van der Waals surface area (Å²) in [6.45, 7) is 1.82. The molecule has 0 saturated carbocycles. The molecule has 0 spiro atoms. The van der Waals surface area contributed by atoms with Gasteiger partial charge >= 0.3 is 0 Å². The molecule has 0 unspecified atom stereocenters. The average molecular weight is 343 g/mol. The summed E-state index contributed by atoms with van der Waals surface area (Å²) in [5.41, 5.74) is 3.62.